The molecule has 2 aromatic rings. The van der Waals surface area contributed by atoms with Gasteiger partial charge in [0.2, 0.25) is 0 Å². The van der Waals surface area contributed by atoms with Crippen LogP contribution in [0.5, 0.6) is 0 Å². The van der Waals surface area contributed by atoms with E-state index in [1.807, 2.05) is 12.1 Å². The summed E-state index contributed by atoms with van der Waals surface area (Å²) in [5, 5.41) is 0. The summed E-state index contributed by atoms with van der Waals surface area (Å²) in [6, 6.07) is 18.8. The van der Waals surface area contributed by atoms with E-state index in [4.69, 9.17) is 0 Å². The lowest BCUT2D eigenvalue weighted by Crippen LogP contribution is -2.51. The molecule has 1 saturated heterocycles. The first kappa shape index (κ1) is 16.6. The number of hydrogen-bond donors (Lipinski definition) is 0. The Hall–Kier alpha value is -1.87. The molecule has 3 heteroatoms. The number of rotatable bonds is 3. The zero-order valence-electron chi connectivity index (χ0n) is 14.8. The van der Waals surface area contributed by atoms with Gasteiger partial charge in [-0.2, -0.15) is 0 Å². The van der Waals surface area contributed by atoms with Crippen molar-refractivity contribution < 1.29 is 4.39 Å². The van der Waals surface area contributed by atoms with Gasteiger partial charge < -0.3 is 4.90 Å². The predicted molar refractivity (Wildman–Crippen MR) is 102 cm³/mol. The molecule has 0 aromatic heterocycles. The van der Waals surface area contributed by atoms with Gasteiger partial charge in [-0.1, -0.05) is 42.5 Å². The van der Waals surface area contributed by atoms with Gasteiger partial charge in [-0.15, -0.1) is 0 Å². The summed E-state index contributed by atoms with van der Waals surface area (Å²) >= 11 is 0. The van der Waals surface area contributed by atoms with Crippen molar-refractivity contribution in [1.82, 2.24) is 4.90 Å². The predicted octanol–water partition coefficient (Wildman–Crippen LogP) is 4.67. The van der Waals surface area contributed by atoms with Crippen LogP contribution in [0.3, 0.4) is 0 Å². The van der Waals surface area contributed by atoms with Crippen LogP contribution in [0.25, 0.3) is 0 Å². The second-order valence-electron chi connectivity index (χ2n) is 7.39. The molecule has 0 atom stereocenters. The summed E-state index contributed by atoms with van der Waals surface area (Å²) < 4.78 is 14.0. The first-order valence-corrected chi connectivity index (χ1v) is 9.60. The van der Waals surface area contributed by atoms with Crippen molar-refractivity contribution in [3.8, 4) is 0 Å². The number of benzene rings is 2. The molecular weight excluding hydrogens is 311 g/mol. The fourth-order valence-electron chi connectivity index (χ4n) is 4.54. The van der Waals surface area contributed by atoms with E-state index < -0.39 is 0 Å². The first-order chi connectivity index (χ1) is 12.3. The van der Waals surface area contributed by atoms with E-state index >= 15 is 0 Å². The largest absolute Gasteiger partial charge is 0.367 e. The molecular formula is C22H27FN2. The highest BCUT2D eigenvalue weighted by atomic mass is 19.1. The maximum absolute atomic E-state index is 14.0. The number of piperazine rings is 1. The summed E-state index contributed by atoms with van der Waals surface area (Å²) in [6.45, 7) is 3.96. The van der Waals surface area contributed by atoms with Gasteiger partial charge in [-0.3, -0.25) is 4.90 Å². The quantitative estimate of drug-likeness (QED) is 0.802. The molecule has 0 radical (unpaired) electrons. The first-order valence-electron chi connectivity index (χ1n) is 9.60. The van der Waals surface area contributed by atoms with Crippen molar-refractivity contribution in [3.63, 3.8) is 0 Å². The SMILES string of the molecule is Fc1ccccc1N1CCN(C2CCC(c3ccccc3)CC2)CC1. The highest BCUT2D eigenvalue weighted by Gasteiger charge is 2.29. The monoisotopic (exact) mass is 338 g/mol. The van der Waals surface area contributed by atoms with Crippen LogP contribution in [0.2, 0.25) is 0 Å². The van der Waals surface area contributed by atoms with Crippen molar-refractivity contribution >= 4 is 5.69 Å². The molecule has 1 aliphatic heterocycles. The smallest absolute Gasteiger partial charge is 0.146 e. The number of hydrogen-bond acceptors (Lipinski definition) is 2. The van der Waals surface area contributed by atoms with Crippen molar-refractivity contribution in [2.24, 2.45) is 0 Å². The Morgan fingerprint density at radius 3 is 2.04 bits per heavy atom. The molecule has 2 aliphatic rings. The summed E-state index contributed by atoms with van der Waals surface area (Å²) in [5.41, 5.74) is 2.26. The molecule has 25 heavy (non-hydrogen) atoms. The van der Waals surface area contributed by atoms with Gasteiger partial charge in [0.1, 0.15) is 5.82 Å². The molecule has 2 fully saturated rings. The van der Waals surface area contributed by atoms with Crippen LogP contribution in [-0.2, 0) is 0 Å². The minimum Gasteiger partial charge on any atom is -0.367 e. The second kappa shape index (κ2) is 7.57. The van der Waals surface area contributed by atoms with Crippen LogP contribution >= 0.6 is 0 Å². The lowest BCUT2D eigenvalue weighted by molar-refractivity contribution is 0.141. The second-order valence-corrected chi connectivity index (χ2v) is 7.39. The van der Waals surface area contributed by atoms with E-state index in [0.29, 0.717) is 6.04 Å². The molecule has 0 amide bonds. The van der Waals surface area contributed by atoms with Gasteiger partial charge in [0.25, 0.3) is 0 Å². The normalized spacial score (nSPS) is 25.1. The van der Waals surface area contributed by atoms with Crippen LogP contribution in [0.1, 0.15) is 37.2 Å². The maximum atomic E-state index is 14.0. The van der Waals surface area contributed by atoms with Crippen molar-refractivity contribution in [3.05, 3.63) is 66.0 Å². The Morgan fingerprint density at radius 2 is 1.36 bits per heavy atom. The molecule has 1 aliphatic carbocycles. The Labute approximate surface area is 150 Å². The van der Waals surface area contributed by atoms with E-state index in [1.165, 1.54) is 31.2 Å². The van der Waals surface area contributed by atoms with Crippen molar-refractivity contribution in [1.29, 1.82) is 0 Å². The number of nitrogens with zero attached hydrogens (tertiary/aromatic N) is 2. The number of anilines is 1. The molecule has 2 nitrogen and oxygen atoms in total. The van der Waals surface area contributed by atoms with Crippen LogP contribution in [0.15, 0.2) is 54.6 Å². The fraction of sp³-hybridized carbons (Fsp3) is 0.455. The molecule has 132 valence electrons. The Balaban J connectivity index is 1.30. The van der Waals surface area contributed by atoms with Gasteiger partial charge in [0, 0.05) is 32.2 Å². The average Bonchev–Trinajstić information content (AvgIpc) is 2.69. The third-order valence-electron chi connectivity index (χ3n) is 5.99. The zero-order valence-corrected chi connectivity index (χ0v) is 14.8. The molecule has 0 N–H and O–H groups in total. The maximum Gasteiger partial charge on any atom is 0.146 e. The number of halogens is 1. The highest BCUT2D eigenvalue weighted by Crippen LogP contribution is 2.35. The average molecular weight is 338 g/mol. The minimum absolute atomic E-state index is 0.0979. The fourth-order valence-corrected chi connectivity index (χ4v) is 4.54. The van der Waals surface area contributed by atoms with E-state index in [2.05, 4.69) is 40.1 Å². The van der Waals surface area contributed by atoms with Gasteiger partial charge in [0.05, 0.1) is 5.69 Å². The molecule has 0 unspecified atom stereocenters. The third-order valence-corrected chi connectivity index (χ3v) is 5.99. The van der Waals surface area contributed by atoms with Crippen LogP contribution in [0.4, 0.5) is 10.1 Å². The lowest BCUT2D eigenvalue weighted by atomic mass is 9.81. The van der Waals surface area contributed by atoms with Crippen LogP contribution in [0, 0.1) is 5.82 Å². The standard InChI is InChI=1S/C22H27FN2/c23-21-8-4-5-9-22(21)25-16-14-24(15-17-25)20-12-10-19(11-13-20)18-6-2-1-3-7-18/h1-9,19-20H,10-17H2. The zero-order chi connectivity index (χ0) is 17.1. The molecule has 2 aromatic carbocycles. The molecule has 4 rings (SSSR count). The summed E-state index contributed by atoms with van der Waals surface area (Å²) in [7, 11) is 0. The number of para-hydroxylation sites is 1. The Bertz CT molecular complexity index is 671. The topological polar surface area (TPSA) is 6.48 Å². The lowest BCUT2D eigenvalue weighted by Gasteiger charge is -2.42. The molecule has 0 bridgehead atoms. The van der Waals surface area contributed by atoms with E-state index in [9.17, 15) is 4.39 Å². The van der Waals surface area contributed by atoms with E-state index in [0.717, 1.165) is 37.8 Å². The molecule has 1 saturated carbocycles. The van der Waals surface area contributed by atoms with Gasteiger partial charge >= 0.3 is 0 Å². The van der Waals surface area contributed by atoms with Crippen molar-refractivity contribution in [2.75, 3.05) is 31.1 Å². The summed E-state index contributed by atoms with van der Waals surface area (Å²) in [5.74, 6) is 0.636. The van der Waals surface area contributed by atoms with E-state index in [1.54, 1.807) is 12.1 Å². The third kappa shape index (κ3) is 3.72. The summed E-state index contributed by atoms with van der Waals surface area (Å²) in [4.78, 5) is 4.83. The van der Waals surface area contributed by atoms with Gasteiger partial charge in [0.15, 0.2) is 0 Å². The van der Waals surface area contributed by atoms with Crippen molar-refractivity contribution in [2.45, 2.75) is 37.6 Å². The van der Waals surface area contributed by atoms with E-state index in [-0.39, 0.29) is 5.82 Å². The Morgan fingerprint density at radius 1 is 0.720 bits per heavy atom. The molecule has 1 heterocycles. The van der Waals surface area contributed by atoms with Gasteiger partial charge in [-0.05, 0) is 49.3 Å². The Kier molecular flexibility index (Phi) is 5.02. The molecule has 0 spiro atoms. The summed E-state index contributed by atoms with van der Waals surface area (Å²) in [6.07, 6.45) is 5.17. The minimum atomic E-state index is -0.0979. The van der Waals surface area contributed by atoms with Crippen LogP contribution < -0.4 is 4.90 Å². The van der Waals surface area contributed by atoms with Crippen LogP contribution in [-0.4, -0.2) is 37.1 Å². The van der Waals surface area contributed by atoms with Gasteiger partial charge in [-0.25, -0.2) is 4.39 Å². The highest BCUT2D eigenvalue weighted by molar-refractivity contribution is 5.48.